The fourth-order valence-corrected chi connectivity index (χ4v) is 3.98. The lowest BCUT2D eigenvalue weighted by atomic mass is 9.75. The molecular weight excluding hydrogens is 312 g/mol. The Morgan fingerprint density at radius 1 is 1.08 bits per heavy atom. The Hall–Kier alpha value is -1.95. The summed E-state index contributed by atoms with van der Waals surface area (Å²) in [6, 6.07) is 9.36. The van der Waals surface area contributed by atoms with Gasteiger partial charge in [0.05, 0.1) is 18.2 Å². The summed E-state index contributed by atoms with van der Waals surface area (Å²) in [5.41, 5.74) is -1.00. The van der Waals surface area contributed by atoms with Crippen LogP contribution in [0.2, 0.25) is 0 Å². The number of hydrogen-bond acceptors (Lipinski definition) is 4. The Balaban J connectivity index is 1.53. The minimum Gasteiger partial charge on any atom is -0.468 e. The van der Waals surface area contributed by atoms with E-state index in [1.165, 1.54) is 0 Å². The van der Waals surface area contributed by atoms with Gasteiger partial charge >= 0.3 is 0 Å². The van der Waals surface area contributed by atoms with Crippen molar-refractivity contribution in [2.24, 2.45) is 5.41 Å². The third kappa shape index (κ3) is 2.69. The number of piperidine rings is 1. The second-order valence-electron chi connectivity index (χ2n) is 6.88. The average Bonchev–Trinajstić information content (AvgIpc) is 3.23. The van der Waals surface area contributed by atoms with Gasteiger partial charge in [0.25, 0.3) is 5.92 Å². The largest absolute Gasteiger partial charge is 0.468 e. The van der Waals surface area contributed by atoms with Gasteiger partial charge in [0.2, 0.25) is 0 Å². The van der Waals surface area contributed by atoms with Crippen LogP contribution in [0, 0.1) is 5.41 Å². The molecule has 2 aliphatic heterocycles. The Labute approximate surface area is 140 Å². The molecule has 2 aliphatic rings. The maximum Gasteiger partial charge on any atom is 0.257 e. The molecule has 0 bridgehead atoms. The van der Waals surface area contributed by atoms with Crippen molar-refractivity contribution in [1.82, 2.24) is 9.88 Å². The standard InChI is InChI=1S/C18H21F2N3O/c19-18(20)7-9-22(12-15-4-3-11-24-15)13-17(18)6-10-23(14-17)16-5-1-2-8-21-16/h1-5,8,11H,6-7,9-10,12-14H2/t17-/m0/s1. The lowest BCUT2D eigenvalue weighted by Gasteiger charge is -2.45. The summed E-state index contributed by atoms with van der Waals surface area (Å²) in [5.74, 6) is -1.03. The number of hydrogen-bond donors (Lipinski definition) is 0. The SMILES string of the molecule is FC1(F)CCN(Cc2ccco2)C[C@]12CCN(c1ccccn1)C2. The third-order valence-corrected chi connectivity index (χ3v) is 5.33. The van der Waals surface area contributed by atoms with Crippen LogP contribution in [0.5, 0.6) is 0 Å². The number of furan rings is 1. The van der Waals surface area contributed by atoms with Crippen molar-refractivity contribution < 1.29 is 13.2 Å². The predicted molar refractivity (Wildman–Crippen MR) is 87.0 cm³/mol. The van der Waals surface area contributed by atoms with Crippen molar-refractivity contribution in [3.63, 3.8) is 0 Å². The molecule has 128 valence electrons. The number of nitrogens with zero attached hydrogens (tertiary/aromatic N) is 3. The number of pyridine rings is 1. The number of alkyl halides is 2. The van der Waals surface area contributed by atoms with Crippen LogP contribution in [0.1, 0.15) is 18.6 Å². The zero-order valence-corrected chi connectivity index (χ0v) is 13.5. The van der Waals surface area contributed by atoms with Gasteiger partial charge < -0.3 is 9.32 Å². The summed E-state index contributed by atoms with van der Waals surface area (Å²) in [7, 11) is 0. The van der Waals surface area contributed by atoms with Crippen molar-refractivity contribution in [3.05, 3.63) is 48.6 Å². The molecule has 4 heterocycles. The van der Waals surface area contributed by atoms with E-state index in [1.807, 2.05) is 35.2 Å². The molecule has 0 aliphatic carbocycles. The molecule has 0 N–H and O–H groups in total. The number of rotatable bonds is 3. The number of halogens is 2. The van der Waals surface area contributed by atoms with Gasteiger partial charge in [0, 0.05) is 38.8 Å². The Bertz CT molecular complexity index is 677. The molecule has 4 rings (SSSR count). The van der Waals surface area contributed by atoms with Gasteiger partial charge in [-0.1, -0.05) is 6.07 Å². The Morgan fingerprint density at radius 2 is 2.00 bits per heavy atom. The van der Waals surface area contributed by atoms with E-state index >= 15 is 0 Å². The molecule has 2 aromatic rings. The second-order valence-corrected chi connectivity index (χ2v) is 6.88. The molecule has 24 heavy (non-hydrogen) atoms. The first-order chi connectivity index (χ1) is 11.6. The molecule has 1 spiro atoms. The topological polar surface area (TPSA) is 32.5 Å². The fraction of sp³-hybridized carbons (Fsp3) is 0.500. The minimum atomic E-state index is -2.64. The zero-order valence-electron chi connectivity index (χ0n) is 13.5. The van der Waals surface area contributed by atoms with Gasteiger partial charge in [-0.3, -0.25) is 4.90 Å². The molecule has 0 unspecified atom stereocenters. The summed E-state index contributed by atoms with van der Waals surface area (Å²) >= 11 is 0. The molecule has 2 aromatic heterocycles. The van der Waals surface area contributed by atoms with Gasteiger partial charge in [-0.05, 0) is 30.7 Å². The van der Waals surface area contributed by atoms with Crippen LogP contribution < -0.4 is 4.90 Å². The van der Waals surface area contributed by atoms with E-state index in [1.54, 1.807) is 12.5 Å². The van der Waals surface area contributed by atoms with Crippen molar-refractivity contribution in [2.75, 3.05) is 31.1 Å². The monoisotopic (exact) mass is 333 g/mol. The van der Waals surface area contributed by atoms with E-state index in [0.29, 0.717) is 39.1 Å². The van der Waals surface area contributed by atoms with Crippen LogP contribution in [0.25, 0.3) is 0 Å². The molecule has 4 nitrogen and oxygen atoms in total. The highest BCUT2D eigenvalue weighted by molar-refractivity contribution is 5.40. The van der Waals surface area contributed by atoms with Crippen LogP contribution in [-0.2, 0) is 6.54 Å². The quantitative estimate of drug-likeness (QED) is 0.862. The maximum absolute atomic E-state index is 14.8. The zero-order chi connectivity index (χ0) is 16.6. The van der Waals surface area contributed by atoms with Crippen molar-refractivity contribution in [2.45, 2.75) is 25.3 Å². The molecule has 2 fully saturated rings. The minimum absolute atomic E-state index is 0.0935. The van der Waals surface area contributed by atoms with Crippen molar-refractivity contribution in [1.29, 1.82) is 0 Å². The fourth-order valence-electron chi connectivity index (χ4n) is 3.98. The van der Waals surface area contributed by atoms with E-state index in [4.69, 9.17) is 4.42 Å². The Morgan fingerprint density at radius 3 is 2.75 bits per heavy atom. The summed E-state index contributed by atoms with van der Waals surface area (Å²) < 4.78 is 35.0. The highest BCUT2D eigenvalue weighted by atomic mass is 19.3. The Kier molecular flexibility index (Phi) is 3.79. The normalized spacial score (nSPS) is 27.0. The first kappa shape index (κ1) is 15.6. The lowest BCUT2D eigenvalue weighted by molar-refractivity contribution is -0.159. The van der Waals surface area contributed by atoms with Gasteiger partial charge in [0.15, 0.2) is 0 Å². The first-order valence-corrected chi connectivity index (χ1v) is 8.37. The number of anilines is 1. The number of likely N-dealkylation sites (tertiary alicyclic amines) is 1. The summed E-state index contributed by atoms with van der Waals surface area (Å²) in [6.45, 7) is 2.37. The molecule has 0 amide bonds. The molecule has 1 atom stereocenters. The summed E-state index contributed by atoms with van der Waals surface area (Å²) in [6.07, 6.45) is 3.74. The summed E-state index contributed by atoms with van der Waals surface area (Å²) in [4.78, 5) is 8.40. The van der Waals surface area contributed by atoms with Crippen LogP contribution in [0.3, 0.4) is 0 Å². The van der Waals surface area contributed by atoms with Crippen LogP contribution in [-0.4, -0.2) is 42.0 Å². The predicted octanol–water partition coefficient (Wildman–Crippen LogP) is 3.41. The first-order valence-electron chi connectivity index (χ1n) is 8.37. The second kappa shape index (κ2) is 5.84. The van der Waals surface area contributed by atoms with Gasteiger partial charge in [-0.25, -0.2) is 13.8 Å². The lowest BCUT2D eigenvalue weighted by Crippen LogP contribution is -2.56. The van der Waals surface area contributed by atoms with E-state index in [2.05, 4.69) is 9.88 Å². The van der Waals surface area contributed by atoms with E-state index in [-0.39, 0.29) is 6.42 Å². The molecule has 0 aromatic carbocycles. The molecular formula is C18H21F2N3O. The van der Waals surface area contributed by atoms with E-state index in [0.717, 1.165) is 11.6 Å². The van der Waals surface area contributed by atoms with Crippen molar-refractivity contribution in [3.8, 4) is 0 Å². The molecule has 0 saturated carbocycles. The molecule has 6 heteroatoms. The highest BCUT2D eigenvalue weighted by Crippen LogP contribution is 2.50. The maximum atomic E-state index is 14.8. The van der Waals surface area contributed by atoms with Gasteiger partial charge in [-0.2, -0.15) is 0 Å². The highest BCUT2D eigenvalue weighted by Gasteiger charge is 2.59. The van der Waals surface area contributed by atoms with E-state index in [9.17, 15) is 8.78 Å². The summed E-state index contributed by atoms with van der Waals surface area (Å²) in [5, 5.41) is 0. The van der Waals surface area contributed by atoms with Crippen LogP contribution >= 0.6 is 0 Å². The third-order valence-electron chi connectivity index (χ3n) is 5.33. The van der Waals surface area contributed by atoms with Gasteiger partial charge in [-0.15, -0.1) is 0 Å². The molecule has 0 radical (unpaired) electrons. The average molecular weight is 333 g/mol. The molecule has 2 saturated heterocycles. The van der Waals surface area contributed by atoms with E-state index < -0.39 is 11.3 Å². The van der Waals surface area contributed by atoms with Crippen LogP contribution in [0.15, 0.2) is 47.2 Å². The number of aromatic nitrogens is 1. The smallest absolute Gasteiger partial charge is 0.257 e. The van der Waals surface area contributed by atoms with Crippen molar-refractivity contribution >= 4 is 5.82 Å². The van der Waals surface area contributed by atoms with Crippen LogP contribution in [0.4, 0.5) is 14.6 Å². The van der Waals surface area contributed by atoms with Gasteiger partial charge in [0.1, 0.15) is 11.6 Å².